The van der Waals surface area contributed by atoms with Gasteiger partial charge in [0.15, 0.2) is 0 Å². The highest BCUT2D eigenvalue weighted by Crippen LogP contribution is 2.14. The van der Waals surface area contributed by atoms with E-state index in [0.717, 1.165) is 5.56 Å². The van der Waals surface area contributed by atoms with Crippen LogP contribution in [-0.4, -0.2) is 11.7 Å². The van der Waals surface area contributed by atoms with Crippen LogP contribution in [0.2, 0.25) is 0 Å². The predicted octanol–water partition coefficient (Wildman–Crippen LogP) is 1.54. The van der Waals surface area contributed by atoms with Crippen LogP contribution < -0.4 is 5.73 Å². The highest BCUT2D eigenvalue weighted by atomic mass is 16.2. The van der Waals surface area contributed by atoms with Crippen molar-refractivity contribution in [3.63, 3.8) is 0 Å². The summed E-state index contributed by atoms with van der Waals surface area (Å²) in [6.07, 6.45) is 4.36. The number of benzene rings is 1. The molecule has 0 fully saturated rings. The lowest BCUT2D eigenvalue weighted by Gasteiger charge is -1.98. The van der Waals surface area contributed by atoms with E-state index in [9.17, 15) is 0 Å². The van der Waals surface area contributed by atoms with Crippen molar-refractivity contribution in [1.29, 1.82) is 5.26 Å². The van der Waals surface area contributed by atoms with Gasteiger partial charge in [-0.1, -0.05) is 18.2 Å². The van der Waals surface area contributed by atoms with Crippen LogP contribution in [0.1, 0.15) is 17.5 Å². The van der Waals surface area contributed by atoms with Crippen molar-refractivity contribution in [1.82, 2.24) is 0 Å². The minimum Gasteiger partial charge on any atom is -0.398 e. The number of nitrogen functional groups attached to an aromatic ring is 1. The van der Waals surface area contributed by atoms with Gasteiger partial charge in [-0.25, -0.2) is 0 Å². The zero-order valence-corrected chi connectivity index (χ0v) is 7.77. The summed E-state index contributed by atoms with van der Waals surface area (Å²) in [6, 6.07) is 7.25. The first-order valence-electron chi connectivity index (χ1n) is 4.35. The maximum atomic E-state index is 8.64. The molecule has 1 aromatic rings. The average molecular weight is 188 g/mol. The fraction of sp³-hybridized carbons (Fsp3) is 0.182. The molecule has 0 atom stereocenters. The van der Waals surface area contributed by atoms with Gasteiger partial charge in [-0.2, -0.15) is 5.26 Å². The molecule has 3 nitrogen and oxygen atoms in total. The second kappa shape index (κ2) is 5.05. The number of rotatable bonds is 3. The Kier molecular flexibility index (Phi) is 3.71. The Morgan fingerprint density at radius 2 is 2.29 bits per heavy atom. The molecule has 0 radical (unpaired) electrons. The van der Waals surface area contributed by atoms with Crippen LogP contribution >= 0.6 is 0 Å². The molecule has 14 heavy (non-hydrogen) atoms. The maximum absolute atomic E-state index is 8.64. The molecule has 0 aliphatic carbocycles. The molecule has 0 spiro atoms. The molecule has 3 heteroatoms. The minimum atomic E-state index is 0.141. The van der Waals surface area contributed by atoms with E-state index in [2.05, 4.69) is 0 Å². The van der Waals surface area contributed by atoms with Crippen molar-refractivity contribution in [3.8, 4) is 6.07 Å². The fourth-order valence-corrected chi connectivity index (χ4v) is 1.08. The third-order valence-corrected chi connectivity index (χ3v) is 1.80. The Balaban J connectivity index is 2.82. The number of anilines is 1. The van der Waals surface area contributed by atoms with Gasteiger partial charge in [0.25, 0.3) is 0 Å². The Morgan fingerprint density at radius 1 is 1.50 bits per heavy atom. The molecule has 0 bridgehead atoms. The van der Waals surface area contributed by atoms with Crippen molar-refractivity contribution in [3.05, 3.63) is 35.4 Å². The van der Waals surface area contributed by atoms with E-state index >= 15 is 0 Å². The molecule has 1 rings (SSSR count). The van der Waals surface area contributed by atoms with Gasteiger partial charge in [0.2, 0.25) is 0 Å². The maximum Gasteiger partial charge on any atom is 0.101 e. The molecule has 0 amide bonds. The number of nitrogens with two attached hydrogens (primary N) is 1. The Labute approximate surface area is 83.1 Å². The van der Waals surface area contributed by atoms with Gasteiger partial charge in [-0.05, 0) is 24.1 Å². The van der Waals surface area contributed by atoms with E-state index in [1.54, 1.807) is 12.1 Å². The summed E-state index contributed by atoms with van der Waals surface area (Å²) in [6.45, 7) is 0.141. The molecule has 0 unspecified atom stereocenters. The highest BCUT2D eigenvalue weighted by Gasteiger charge is 1.96. The Bertz CT molecular complexity index is 377. The first-order chi connectivity index (χ1) is 6.77. The van der Waals surface area contributed by atoms with Gasteiger partial charge in [-0.15, -0.1) is 0 Å². The smallest absolute Gasteiger partial charge is 0.101 e. The largest absolute Gasteiger partial charge is 0.398 e. The van der Waals surface area contributed by atoms with E-state index < -0.39 is 0 Å². The lowest BCUT2D eigenvalue weighted by Crippen LogP contribution is -1.90. The van der Waals surface area contributed by atoms with Crippen LogP contribution in [0.4, 0.5) is 5.69 Å². The third-order valence-electron chi connectivity index (χ3n) is 1.80. The summed E-state index contributed by atoms with van der Waals surface area (Å²) in [5, 5.41) is 17.2. The lowest BCUT2D eigenvalue weighted by molar-refractivity contribution is 0.303. The van der Waals surface area contributed by atoms with Crippen molar-refractivity contribution < 1.29 is 5.11 Å². The van der Waals surface area contributed by atoms with E-state index in [1.165, 1.54) is 0 Å². The van der Waals surface area contributed by atoms with Crippen molar-refractivity contribution in [2.24, 2.45) is 0 Å². The number of hydrogen-bond acceptors (Lipinski definition) is 3. The number of hydrogen-bond donors (Lipinski definition) is 2. The fourth-order valence-electron chi connectivity index (χ4n) is 1.08. The van der Waals surface area contributed by atoms with Crippen LogP contribution in [0.5, 0.6) is 0 Å². The van der Waals surface area contributed by atoms with Crippen LogP contribution in [0.3, 0.4) is 0 Å². The Morgan fingerprint density at radius 3 is 2.86 bits per heavy atom. The second-order valence-corrected chi connectivity index (χ2v) is 2.87. The van der Waals surface area contributed by atoms with Crippen molar-refractivity contribution in [2.45, 2.75) is 6.42 Å². The van der Waals surface area contributed by atoms with Crippen LogP contribution in [-0.2, 0) is 0 Å². The summed E-state index contributed by atoms with van der Waals surface area (Å²) >= 11 is 0. The summed E-state index contributed by atoms with van der Waals surface area (Å²) in [5.74, 6) is 0. The van der Waals surface area contributed by atoms with Gasteiger partial charge in [0.1, 0.15) is 6.07 Å². The molecule has 0 aliphatic rings. The average Bonchev–Trinajstić information content (AvgIpc) is 2.18. The predicted molar refractivity (Wildman–Crippen MR) is 56.3 cm³/mol. The van der Waals surface area contributed by atoms with Crippen molar-refractivity contribution >= 4 is 11.8 Å². The summed E-state index contributed by atoms with van der Waals surface area (Å²) in [5.41, 5.74) is 7.55. The van der Waals surface area contributed by atoms with Gasteiger partial charge >= 0.3 is 0 Å². The van der Waals surface area contributed by atoms with Crippen LogP contribution in [0, 0.1) is 11.3 Å². The third kappa shape index (κ3) is 2.61. The molecular formula is C11H12N2O. The lowest BCUT2D eigenvalue weighted by atomic mass is 10.1. The first-order valence-corrected chi connectivity index (χ1v) is 4.35. The molecule has 0 aliphatic heterocycles. The van der Waals surface area contributed by atoms with Crippen LogP contribution in [0.15, 0.2) is 24.3 Å². The summed E-state index contributed by atoms with van der Waals surface area (Å²) in [7, 11) is 0. The SMILES string of the molecule is N#Cc1ccc(C=CCCO)cc1N. The number of aliphatic hydroxyl groups is 1. The second-order valence-electron chi connectivity index (χ2n) is 2.87. The summed E-state index contributed by atoms with van der Waals surface area (Å²) < 4.78 is 0. The molecule has 0 saturated carbocycles. The molecule has 3 N–H and O–H groups in total. The molecule has 0 heterocycles. The quantitative estimate of drug-likeness (QED) is 0.707. The van der Waals surface area contributed by atoms with Crippen molar-refractivity contribution in [2.75, 3.05) is 12.3 Å². The molecule has 1 aromatic carbocycles. The standard InChI is InChI=1S/C11H12N2O/c12-8-10-5-4-9(7-11(10)13)3-1-2-6-14/h1,3-5,7,14H,2,6,13H2. The zero-order valence-electron chi connectivity index (χ0n) is 7.77. The van der Waals surface area contributed by atoms with E-state index in [-0.39, 0.29) is 6.61 Å². The van der Waals surface area contributed by atoms with Gasteiger partial charge in [-0.3, -0.25) is 0 Å². The Hall–Kier alpha value is -1.79. The van der Waals surface area contributed by atoms with Crippen LogP contribution in [0.25, 0.3) is 6.08 Å². The number of nitriles is 1. The first kappa shape index (κ1) is 10.3. The van der Waals surface area contributed by atoms with Gasteiger partial charge < -0.3 is 10.8 Å². The highest BCUT2D eigenvalue weighted by molar-refractivity contribution is 5.62. The van der Waals surface area contributed by atoms with Gasteiger partial charge in [0, 0.05) is 6.61 Å². The molecule has 0 aromatic heterocycles. The molecule has 0 saturated heterocycles. The van der Waals surface area contributed by atoms with Gasteiger partial charge in [0.05, 0.1) is 11.3 Å². The number of nitrogens with zero attached hydrogens (tertiary/aromatic N) is 1. The molecule has 72 valence electrons. The van der Waals surface area contributed by atoms with E-state index in [1.807, 2.05) is 24.3 Å². The topological polar surface area (TPSA) is 70.0 Å². The normalized spacial score (nSPS) is 10.3. The van der Waals surface area contributed by atoms with E-state index in [4.69, 9.17) is 16.1 Å². The monoisotopic (exact) mass is 188 g/mol. The number of aliphatic hydroxyl groups excluding tert-OH is 1. The van der Waals surface area contributed by atoms with E-state index in [0.29, 0.717) is 17.7 Å². The zero-order chi connectivity index (χ0) is 10.4. The minimum absolute atomic E-state index is 0.141. The summed E-state index contributed by atoms with van der Waals surface area (Å²) in [4.78, 5) is 0. The molecular weight excluding hydrogens is 176 g/mol.